The molecule has 0 saturated heterocycles. The number of rotatable bonds is 3. The van der Waals surface area contributed by atoms with E-state index in [-0.39, 0.29) is 10.5 Å². The Bertz CT molecular complexity index is 638. The summed E-state index contributed by atoms with van der Waals surface area (Å²) in [6, 6.07) is 7.37. The summed E-state index contributed by atoms with van der Waals surface area (Å²) in [5, 5.41) is 0. The number of benzene rings is 1. The molecule has 1 heterocycles. The SMILES string of the molecule is O=c1cc(-c2ccccc2OC(F)F)[nH]c(=S)[nH]1. The van der Waals surface area contributed by atoms with Crippen molar-refractivity contribution >= 4 is 12.2 Å². The molecule has 2 rings (SSSR count). The molecule has 7 heteroatoms. The standard InChI is InChI=1S/C11H8F2N2O2S/c12-10(13)17-8-4-2-1-3-6(8)7-5-9(16)15-11(18)14-7/h1-5,10H,(H2,14,15,16,18). The van der Waals surface area contributed by atoms with Gasteiger partial charge in [0.15, 0.2) is 4.77 Å². The first-order valence-corrected chi connectivity index (χ1v) is 5.35. The van der Waals surface area contributed by atoms with Crippen molar-refractivity contribution in [1.82, 2.24) is 9.97 Å². The number of alkyl halides is 2. The number of aromatic amines is 2. The van der Waals surface area contributed by atoms with Crippen LogP contribution in [0.1, 0.15) is 0 Å². The molecular weight excluding hydrogens is 262 g/mol. The Kier molecular flexibility index (Phi) is 3.52. The van der Waals surface area contributed by atoms with Crippen LogP contribution in [0.5, 0.6) is 5.75 Å². The van der Waals surface area contributed by atoms with E-state index in [0.29, 0.717) is 11.3 Å². The first-order valence-electron chi connectivity index (χ1n) is 4.94. The Balaban J connectivity index is 2.56. The monoisotopic (exact) mass is 270 g/mol. The lowest BCUT2D eigenvalue weighted by Gasteiger charge is -2.10. The predicted octanol–water partition coefficient (Wildman–Crippen LogP) is 2.70. The van der Waals surface area contributed by atoms with E-state index >= 15 is 0 Å². The van der Waals surface area contributed by atoms with Crippen LogP contribution in [-0.2, 0) is 0 Å². The van der Waals surface area contributed by atoms with Crippen LogP contribution in [0.3, 0.4) is 0 Å². The lowest BCUT2D eigenvalue weighted by molar-refractivity contribution is -0.0494. The molecule has 0 atom stereocenters. The van der Waals surface area contributed by atoms with Gasteiger partial charge in [0.1, 0.15) is 5.75 Å². The van der Waals surface area contributed by atoms with Crippen molar-refractivity contribution in [3.63, 3.8) is 0 Å². The van der Waals surface area contributed by atoms with E-state index in [0.717, 1.165) is 0 Å². The summed E-state index contributed by atoms with van der Waals surface area (Å²) in [7, 11) is 0. The van der Waals surface area contributed by atoms with Crippen molar-refractivity contribution in [2.45, 2.75) is 6.61 Å². The van der Waals surface area contributed by atoms with Crippen molar-refractivity contribution in [1.29, 1.82) is 0 Å². The highest BCUT2D eigenvalue weighted by atomic mass is 32.1. The van der Waals surface area contributed by atoms with Crippen LogP contribution in [0, 0.1) is 4.77 Å². The molecule has 0 saturated carbocycles. The molecule has 0 aliphatic heterocycles. The molecule has 0 unspecified atom stereocenters. The van der Waals surface area contributed by atoms with Gasteiger partial charge < -0.3 is 9.72 Å². The molecule has 2 aromatic rings. The lowest BCUT2D eigenvalue weighted by atomic mass is 10.1. The summed E-state index contributed by atoms with van der Waals surface area (Å²) in [6.07, 6.45) is 0. The maximum absolute atomic E-state index is 12.3. The first kappa shape index (κ1) is 12.4. The van der Waals surface area contributed by atoms with Gasteiger partial charge in [-0.3, -0.25) is 9.78 Å². The summed E-state index contributed by atoms with van der Waals surface area (Å²) in [4.78, 5) is 16.4. The molecule has 0 amide bonds. The smallest absolute Gasteiger partial charge is 0.387 e. The van der Waals surface area contributed by atoms with E-state index in [1.165, 1.54) is 12.1 Å². The molecule has 0 spiro atoms. The minimum absolute atomic E-state index is 0.0243. The Hall–Kier alpha value is -2.02. The van der Waals surface area contributed by atoms with E-state index in [2.05, 4.69) is 14.7 Å². The lowest BCUT2D eigenvalue weighted by Crippen LogP contribution is -2.08. The maximum atomic E-state index is 12.3. The topological polar surface area (TPSA) is 57.9 Å². The minimum atomic E-state index is -2.93. The van der Waals surface area contributed by atoms with Gasteiger partial charge >= 0.3 is 6.61 Å². The van der Waals surface area contributed by atoms with Crippen LogP contribution in [0.4, 0.5) is 8.78 Å². The highest BCUT2D eigenvalue weighted by molar-refractivity contribution is 7.71. The molecule has 0 radical (unpaired) electrons. The van der Waals surface area contributed by atoms with Gasteiger partial charge in [-0.2, -0.15) is 8.78 Å². The summed E-state index contributed by atoms with van der Waals surface area (Å²) in [5.74, 6) is -0.0243. The van der Waals surface area contributed by atoms with Gasteiger partial charge in [-0.25, -0.2) is 0 Å². The molecule has 0 fully saturated rings. The zero-order chi connectivity index (χ0) is 13.1. The van der Waals surface area contributed by atoms with Crippen LogP contribution in [0.25, 0.3) is 11.3 Å². The third-order valence-corrected chi connectivity index (χ3v) is 2.36. The average molecular weight is 270 g/mol. The van der Waals surface area contributed by atoms with Crippen LogP contribution < -0.4 is 10.3 Å². The number of halogens is 2. The fraction of sp³-hybridized carbons (Fsp3) is 0.0909. The number of aromatic nitrogens is 2. The molecule has 1 aromatic heterocycles. The van der Waals surface area contributed by atoms with Crippen LogP contribution in [0.15, 0.2) is 35.1 Å². The zero-order valence-corrected chi connectivity index (χ0v) is 9.76. The van der Waals surface area contributed by atoms with Gasteiger partial charge in [0.2, 0.25) is 0 Å². The molecule has 94 valence electrons. The molecular formula is C11H8F2N2O2S. The quantitative estimate of drug-likeness (QED) is 0.843. The molecule has 2 N–H and O–H groups in total. The van der Waals surface area contributed by atoms with E-state index in [4.69, 9.17) is 12.2 Å². The third-order valence-electron chi connectivity index (χ3n) is 2.15. The molecule has 1 aromatic carbocycles. The van der Waals surface area contributed by atoms with E-state index in [1.54, 1.807) is 18.2 Å². The molecule has 0 aliphatic carbocycles. The largest absolute Gasteiger partial charge is 0.434 e. The average Bonchev–Trinajstić information content (AvgIpc) is 2.27. The van der Waals surface area contributed by atoms with Gasteiger partial charge in [0, 0.05) is 11.6 Å². The fourth-order valence-electron chi connectivity index (χ4n) is 1.50. The fourth-order valence-corrected chi connectivity index (χ4v) is 1.71. The summed E-state index contributed by atoms with van der Waals surface area (Å²) < 4.78 is 29.0. The van der Waals surface area contributed by atoms with Crippen LogP contribution >= 0.6 is 12.2 Å². The minimum Gasteiger partial charge on any atom is -0.434 e. The van der Waals surface area contributed by atoms with Crippen molar-refractivity contribution < 1.29 is 13.5 Å². The first-order chi connectivity index (χ1) is 8.56. The second kappa shape index (κ2) is 5.09. The van der Waals surface area contributed by atoms with Gasteiger partial charge in [0.05, 0.1) is 5.69 Å². The Morgan fingerprint density at radius 1 is 1.22 bits per heavy atom. The number of ether oxygens (including phenoxy) is 1. The Labute approximate surface area is 105 Å². The van der Waals surface area contributed by atoms with Crippen LogP contribution in [0.2, 0.25) is 0 Å². The normalized spacial score (nSPS) is 10.6. The summed E-state index contributed by atoms with van der Waals surface area (Å²) in [5.41, 5.74) is 0.246. The van der Waals surface area contributed by atoms with Gasteiger partial charge in [-0.1, -0.05) is 12.1 Å². The number of hydrogen-bond acceptors (Lipinski definition) is 3. The van der Waals surface area contributed by atoms with E-state index in [1.807, 2.05) is 0 Å². The second-order valence-corrected chi connectivity index (χ2v) is 3.78. The second-order valence-electron chi connectivity index (χ2n) is 3.38. The highest BCUT2D eigenvalue weighted by Crippen LogP contribution is 2.28. The van der Waals surface area contributed by atoms with Crippen molar-refractivity contribution in [3.05, 3.63) is 45.5 Å². The predicted molar refractivity (Wildman–Crippen MR) is 64.3 cm³/mol. The highest BCUT2D eigenvalue weighted by Gasteiger charge is 2.11. The van der Waals surface area contributed by atoms with Crippen molar-refractivity contribution in [3.8, 4) is 17.0 Å². The maximum Gasteiger partial charge on any atom is 0.387 e. The summed E-state index contributed by atoms with van der Waals surface area (Å²) in [6.45, 7) is -2.93. The number of para-hydroxylation sites is 1. The van der Waals surface area contributed by atoms with Crippen molar-refractivity contribution in [2.24, 2.45) is 0 Å². The molecule has 4 nitrogen and oxygen atoms in total. The third kappa shape index (κ3) is 2.80. The van der Waals surface area contributed by atoms with E-state index in [9.17, 15) is 13.6 Å². The Morgan fingerprint density at radius 2 is 1.94 bits per heavy atom. The summed E-state index contributed by atoms with van der Waals surface area (Å²) >= 11 is 4.82. The Morgan fingerprint density at radius 3 is 2.61 bits per heavy atom. The number of nitrogens with one attached hydrogen (secondary N) is 2. The number of hydrogen-bond donors (Lipinski definition) is 2. The van der Waals surface area contributed by atoms with Gasteiger partial charge in [0.25, 0.3) is 5.56 Å². The molecule has 0 aliphatic rings. The van der Waals surface area contributed by atoms with Crippen molar-refractivity contribution in [2.75, 3.05) is 0 Å². The van der Waals surface area contributed by atoms with E-state index < -0.39 is 12.2 Å². The zero-order valence-electron chi connectivity index (χ0n) is 8.94. The van der Waals surface area contributed by atoms with Gasteiger partial charge in [-0.05, 0) is 24.4 Å². The number of H-pyrrole nitrogens is 2. The molecule has 0 bridgehead atoms. The van der Waals surface area contributed by atoms with Crippen LogP contribution in [-0.4, -0.2) is 16.6 Å². The van der Waals surface area contributed by atoms with Gasteiger partial charge in [-0.15, -0.1) is 0 Å². The molecule has 18 heavy (non-hydrogen) atoms.